The van der Waals surface area contributed by atoms with Crippen LogP contribution in [0.15, 0.2) is 24.3 Å². The van der Waals surface area contributed by atoms with Gasteiger partial charge in [0.1, 0.15) is 0 Å². The number of carbonyl (C=O) groups excluding carboxylic acids is 2. The molecule has 0 saturated carbocycles. The fourth-order valence-corrected chi connectivity index (χ4v) is 1.92. The van der Waals surface area contributed by atoms with Gasteiger partial charge in [-0.3, -0.25) is 19.8 Å². The SMILES string of the molecule is CC(c1ccc(N)cc1)N1CC(=O)NC(=O)C1. The van der Waals surface area contributed by atoms with Crippen molar-refractivity contribution in [2.75, 3.05) is 18.8 Å². The van der Waals surface area contributed by atoms with Gasteiger partial charge in [0.2, 0.25) is 11.8 Å². The molecule has 1 fully saturated rings. The molecule has 1 aromatic rings. The van der Waals surface area contributed by atoms with Crippen LogP contribution in [0.3, 0.4) is 0 Å². The van der Waals surface area contributed by atoms with Gasteiger partial charge in [-0.05, 0) is 24.6 Å². The average molecular weight is 233 g/mol. The molecule has 1 unspecified atom stereocenters. The first-order valence-electron chi connectivity index (χ1n) is 5.48. The van der Waals surface area contributed by atoms with E-state index < -0.39 is 0 Å². The van der Waals surface area contributed by atoms with E-state index in [4.69, 9.17) is 5.73 Å². The molecule has 2 amide bonds. The number of nitrogens with zero attached hydrogens (tertiary/aromatic N) is 1. The van der Waals surface area contributed by atoms with Crippen LogP contribution in [0, 0.1) is 0 Å². The molecular formula is C12H15N3O2. The van der Waals surface area contributed by atoms with E-state index in [-0.39, 0.29) is 30.9 Å². The summed E-state index contributed by atoms with van der Waals surface area (Å²) in [5.74, 6) is -0.493. The van der Waals surface area contributed by atoms with E-state index in [9.17, 15) is 9.59 Å². The van der Waals surface area contributed by atoms with Crippen LogP contribution in [0.25, 0.3) is 0 Å². The van der Waals surface area contributed by atoms with Crippen molar-refractivity contribution < 1.29 is 9.59 Å². The second kappa shape index (κ2) is 4.55. The minimum atomic E-state index is -0.247. The van der Waals surface area contributed by atoms with E-state index >= 15 is 0 Å². The van der Waals surface area contributed by atoms with Crippen molar-refractivity contribution in [1.82, 2.24) is 10.2 Å². The second-order valence-corrected chi connectivity index (χ2v) is 4.22. The zero-order valence-corrected chi connectivity index (χ0v) is 9.64. The van der Waals surface area contributed by atoms with E-state index in [0.717, 1.165) is 5.56 Å². The van der Waals surface area contributed by atoms with Gasteiger partial charge in [-0.15, -0.1) is 0 Å². The Kier molecular flexibility index (Phi) is 3.10. The first kappa shape index (κ1) is 11.6. The van der Waals surface area contributed by atoms with Crippen LogP contribution in [0.1, 0.15) is 18.5 Å². The molecule has 1 heterocycles. The summed E-state index contributed by atoms with van der Waals surface area (Å²) in [5.41, 5.74) is 7.36. The molecule has 0 bridgehead atoms. The summed E-state index contributed by atoms with van der Waals surface area (Å²) in [6.45, 7) is 2.46. The van der Waals surface area contributed by atoms with E-state index in [2.05, 4.69) is 5.32 Å². The predicted octanol–water partition coefficient (Wildman–Crippen LogP) is 0.288. The Balaban J connectivity index is 2.13. The van der Waals surface area contributed by atoms with Crippen molar-refractivity contribution in [2.24, 2.45) is 0 Å². The van der Waals surface area contributed by atoms with Crippen molar-refractivity contribution >= 4 is 17.5 Å². The maximum Gasteiger partial charge on any atom is 0.240 e. The Morgan fingerprint density at radius 2 is 1.71 bits per heavy atom. The smallest absolute Gasteiger partial charge is 0.240 e. The normalized spacial score (nSPS) is 18.9. The first-order valence-corrected chi connectivity index (χ1v) is 5.48. The second-order valence-electron chi connectivity index (χ2n) is 4.22. The summed E-state index contributed by atoms with van der Waals surface area (Å²) in [4.78, 5) is 24.4. The summed E-state index contributed by atoms with van der Waals surface area (Å²) >= 11 is 0. The third-order valence-corrected chi connectivity index (χ3v) is 2.94. The van der Waals surface area contributed by atoms with Gasteiger partial charge >= 0.3 is 0 Å². The Hall–Kier alpha value is -1.88. The number of hydrogen-bond donors (Lipinski definition) is 2. The van der Waals surface area contributed by atoms with Crippen LogP contribution in [0.4, 0.5) is 5.69 Å². The number of amides is 2. The largest absolute Gasteiger partial charge is 0.399 e. The van der Waals surface area contributed by atoms with Gasteiger partial charge in [0.05, 0.1) is 13.1 Å². The van der Waals surface area contributed by atoms with Crippen LogP contribution in [-0.4, -0.2) is 29.8 Å². The molecular weight excluding hydrogens is 218 g/mol. The van der Waals surface area contributed by atoms with Crippen molar-refractivity contribution in [3.05, 3.63) is 29.8 Å². The van der Waals surface area contributed by atoms with E-state index in [1.54, 1.807) is 0 Å². The molecule has 1 aliphatic heterocycles. The highest BCUT2D eigenvalue weighted by Gasteiger charge is 2.26. The Morgan fingerprint density at radius 3 is 2.24 bits per heavy atom. The monoisotopic (exact) mass is 233 g/mol. The lowest BCUT2D eigenvalue weighted by atomic mass is 10.1. The number of piperazine rings is 1. The maximum absolute atomic E-state index is 11.3. The minimum absolute atomic E-state index is 0.0191. The van der Waals surface area contributed by atoms with Crippen LogP contribution < -0.4 is 11.1 Å². The fraction of sp³-hybridized carbons (Fsp3) is 0.333. The average Bonchev–Trinajstić information content (AvgIpc) is 2.28. The van der Waals surface area contributed by atoms with Gasteiger partial charge < -0.3 is 5.73 Å². The molecule has 2 rings (SSSR count). The molecule has 1 saturated heterocycles. The van der Waals surface area contributed by atoms with Crippen LogP contribution >= 0.6 is 0 Å². The topological polar surface area (TPSA) is 75.4 Å². The highest BCUT2D eigenvalue weighted by atomic mass is 16.2. The molecule has 17 heavy (non-hydrogen) atoms. The molecule has 90 valence electrons. The molecule has 5 heteroatoms. The van der Waals surface area contributed by atoms with Crippen LogP contribution in [-0.2, 0) is 9.59 Å². The molecule has 0 radical (unpaired) electrons. The summed E-state index contributed by atoms with van der Waals surface area (Å²) in [5, 5.41) is 2.29. The zero-order chi connectivity index (χ0) is 12.4. The number of nitrogen functional groups attached to an aromatic ring is 1. The summed E-state index contributed by atoms with van der Waals surface area (Å²) in [6, 6.07) is 7.48. The quantitative estimate of drug-likeness (QED) is 0.568. The van der Waals surface area contributed by atoms with Crippen molar-refractivity contribution in [2.45, 2.75) is 13.0 Å². The van der Waals surface area contributed by atoms with Gasteiger partial charge in [0.15, 0.2) is 0 Å². The minimum Gasteiger partial charge on any atom is -0.399 e. The lowest BCUT2D eigenvalue weighted by molar-refractivity contribution is -0.137. The fourth-order valence-electron chi connectivity index (χ4n) is 1.92. The molecule has 1 aromatic carbocycles. The summed E-state index contributed by atoms with van der Waals surface area (Å²) in [6.07, 6.45) is 0. The number of nitrogens with two attached hydrogens (primary N) is 1. The zero-order valence-electron chi connectivity index (χ0n) is 9.64. The molecule has 3 N–H and O–H groups in total. The van der Waals surface area contributed by atoms with Gasteiger partial charge in [-0.1, -0.05) is 12.1 Å². The number of nitrogens with one attached hydrogen (secondary N) is 1. The maximum atomic E-state index is 11.3. The lowest BCUT2D eigenvalue weighted by Crippen LogP contribution is -2.51. The molecule has 1 aliphatic rings. The highest BCUT2D eigenvalue weighted by Crippen LogP contribution is 2.21. The standard InChI is InChI=1S/C12H15N3O2/c1-8(9-2-4-10(13)5-3-9)15-6-11(16)14-12(17)7-15/h2-5,8H,6-7,13H2,1H3,(H,14,16,17). The molecule has 1 atom stereocenters. The lowest BCUT2D eigenvalue weighted by Gasteiger charge is -2.31. The molecule has 0 aromatic heterocycles. The number of hydrogen-bond acceptors (Lipinski definition) is 4. The number of carbonyl (C=O) groups is 2. The molecule has 0 spiro atoms. The third kappa shape index (κ3) is 2.62. The van der Waals surface area contributed by atoms with Gasteiger partial charge in [0, 0.05) is 11.7 Å². The molecule has 0 aliphatic carbocycles. The third-order valence-electron chi connectivity index (χ3n) is 2.94. The van der Waals surface area contributed by atoms with Crippen molar-refractivity contribution in [3.8, 4) is 0 Å². The van der Waals surface area contributed by atoms with Crippen molar-refractivity contribution in [1.29, 1.82) is 0 Å². The van der Waals surface area contributed by atoms with Crippen molar-refractivity contribution in [3.63, 3.8) is 0 Å². The summed E-state index contributed by atoms with van der Waals surface area (Å²) in [7, 11) is 0. The van der Waals surface area contributed by atoms with Gasteiger partial charge in [-0.2, -0.15) is 0 Å². The number of benzene rings is 1. The van der Waals surface area contributed by atoms with E-state index in [1.807, 2.05) is 36.1 Å². The van der Waals surface area contributed by atoms with Gasteiger partial charge in [0.25, 0.3) is 0 Å². The van der Waals surface area contributed by atoms with E-state index in [0.29, 0.717) is 5.69 Å². The number of imide groups is 1. The summed E-state index contributed by atoms with van der Waals surface area (Å²) < 4.78 is 0. The Morgan fingerprint density at radius 1 is 1.18 bits per heavy atom. The van der Waals surface area contributed by atoms with Crippen LogP contribution in [0.5, 0.6) is 0 Å². The number of rotatable bonds is 2. The highest BCUT2D eigenvalue weighted by molar-refractivity contribution is 5.99. The van der Waals surface area contributed by atoms with Gasteiger partial charge in [-0.25, -0.2) is 0 Å². The Bertz CT molecular complexity index is 426. The van der Waals surface area contributed by atoms with E-state index in [1.165, 1.54) is 0 Å². The Labute approximate surface area is 99.6 Å². The number of anilines is 1. The van der Waals surface area contributed by atoms with Crippen LogP contribution in [0.2, 0.25) is 0 Å². The predicted molar refractivity (Wildman–Crippen MR) is 64.0 cm³/mol. The molecule has 5 nitrogen and oxygen atoms in total. The first-order chi connectivity index (χ1) is 8.06.